The van der Waals surface area contributed by atoms with Gasteiger partial charge in [-0.3, -0.25) is 4.90 Å². The normalized spacial score (nSPS) is 18.5. The van der Waals surface area contributed by atoms with Gasteiger partial charge in [-0.2, -0.15) is 0 Å². The molecular formula is C28H29NO4. The third-order valence-electron chi connectivity index (χ3n) is 6.50. The first-order valence-corrected chi connectivity index (χ1v) is 11.5. The lowest BCUT2D eigenvalue weighted by molar-refractivity contribution is 0.106. The molecule has 0 spiro atoms. The van der Waals surface area contributed by atoms with E-state index in [2.05, 4.69) is 11.8 Å². The predicted molar refractivity (Wildman–Crippen MR) is 129 cm³/mol. The minimum absolute atomic E-state index is 0.176. The zero-order chi connectivity index (χ0) is 22.8. The lowest BCUT2D eigenvalue weighted by Gasteiger charge is -2.31. The van der Waals surface area contributed by atoms with Gasteiger partial charge in [0.05, 0.1) is 0 Å². The Kier molecular flexibility index (Phi) is 5.97. The molecule has 0 aromatic heterocycles. The highest BCUT2D eigenvalue weighted by molar-refractivity contribution is 5.95. The molecule has 5 rings (SSSR count). The Morgan fingerprint density at radius 2 is 1.58 bits per heavy atom. The van der Waals surface area contributed by atoms with Crippen LogP contribution >= 0.6 is 0 Å². The number of ether oxygens (including phenoxy) is 2. The zero-order valence-corrected chi connectivity index (χ0v) is 18.8. The van der Waals surface area contributed by atoms with Gasteiger partial charge in [0, 0.05) is 30.3 Å². The van der Waals surface area contributed by atoms with Crippen LogP contribution in [0.3, 0.4) is 0 Å². The second kappa shape index (κ2) is 9.20. The number of nitrogens with zero attached hydrogens (tertiary/aromatic N) is 1. The summed E-state index contributed by atoms with van der Waals surface area (Å²) >= 11 is 0. The molecule has 0 radical (unpaired) electrons. The van der Waals surface area contributed by atoms with E-state index in [1.54, 1.807) is 24.3 Å². The zero-order valence-electron chi connectivity index (χ0n) is 18.8. The van der Waals surface area contributed by atoms with Crippen LogP contribution in [0.25, 0.3) is 11.1 Å². The van der Waals surface area contributed by atoms with Crippen molar-refractivity contribution >= 4 is 11.1 Å². The predicted octanol–water partition coefficient (Wildman–Crippen LogP) is 5.98. The number of phenolic OH excluding ortho intramolecular Hbond substituents is 2. The number of hydrogen-bond donors (Lipinski definition) is 2. The van der Waals surface area contributed by atoms with E-state index in [1.165, 1.54) is 19.3 Å². The summed E-state index contributed by atoms with van der Waals surface area (Å²) in [6, 6.07) is 20.5. The molecule has 33 heavy (non-hydrogen) atoms. The van der Waals surface area contributed by atoms with Crippen molar-refractivity contribution in [1.29, 1.82) is 0 Å². The number of phenols is 2. The summed E-state index contributed by atoms with van der Waals surface area (Å²) in [5, 5.41) is 19.8. The second-order valence-electron chi connectivity index (χ2n) is 8.79. The summed E-state index contributed by atoms with van der Waals surface area (Å²) in [7, 11) is 0. The fourth-order valence-corrected chi connectivity index (χ4v) is 4.68. The van der Waals surface area contributed by atoms with E-state index < -0.39 is 0 Å². The van der Waals surface area contributed by atoms with Crippen molar-refractivity contribution in [2.45, 2.75) is 32.3 Å². The Labute approximate surface area is 194 Å². The number of rotatable bonds is 5. The smallest absolute Gasteiger partial charge is 0.150 e. The Morgan fingerprint density at radius 3 is 2.30 bits per heavy atom. The average Bonchev–Trinajstić information content (AvgIpc) is 2.84. The van der Waals surface area contributed by atoms with Gasteiger partial charge in [0.2, 0.25) is 0 Å². The van der Waals surface area contributed by atoms with E-state index in [9.17, 15) is 10.2 Å². The van der Waals surface area contributed by atoms with Gasteiger partial charge >= 0.3 is 0 Å². The van der Waals surface area contributed by atoms with Crippen LogP contribution in [0.4, 0.5) is 0 Å². The number of benzene rings is 3. The highest BCUT2D eigenvalue weighted by Crippen LogP contribution is 2.47. The molecule has 3 aromatic carbocycles. The van der Waals surface area contributed by atoms with E-state index in [0.29, 0.717) is 12.5 Å². The first kappa shape index (κ1) is 21.4. The van der Waals surface area contributed by atoms with Crippen LogP contribution in [-0.2, 0) is 0 Å². The van der Waals surface area contributed by atoms with Gasteiger partial charge in [0.25, 0.3) is 0 Å². The van der Waals surface area contributed by atoms with Crippen LogP contribution in [0.15, 0.2) is 66.7 Å². The topological polar surface area (TPSA) is 62.2 Å². The van der Waals surface area contributed by atoms with E-state index in [1.807, 2.05) is 42.5 Å². The molecule has 2 aliphatic rings. The number of piperidine rings is 1. The van der Waals surface area contributed by atoms with Gasteiger partial charge in [-0.1, -0.05) is 30.7 Å². The molecule has 1 saturated heterocycles. The van der Waals surface area contributed by atoms with Gasteiger partial charge in [-0.05, 0) is 72.9 Å². The molecule has 5 heteroatoms. The summed E-state index contributed by atoms with van der Waals surface area (Å²) in [5.74, 6) is 1.90. The minimum Gasteiger partial charge on any atom is -0.508 e. The quantitative estimate of drug-likeness (QED) is 0.508. The minimum atomic E-state index is -0.347. The number of hydrogen-bond acceptors (Lipinski definition) is 5. The third-order valence-corrected chi connectivity index (χ3v) is 6.50. The van der Waals surface area contributed by atoms with Crippen molar-refractivity contribution in [3.05, 3.63) is 83.4 Å². The molecule has 3 aromatic rings. The van der Waals surface area contributed by atoms with Crippen LogP contribution in [0, 0.1) is 0 Å². The van der Waals surface area contributed by atoms with Crippen molar-refractivity contribution in [3.8, 4) is 23.0 Å². The number of aromatic hydroxyl groups is 2. The summed E-state index contributed by atoms with van der Waals surface area (Å²) in [6.45, 7) is 4.88. The lowest BCUT2D eigenvalue weighted by atomic mass is 9.86. The summed E-state index contributed by atoms with van der Waals surface area (Å²) < 4.78 is 12.4. The Balaban J connectivity index is 1.45. The van der Waals surface area contributed by atoms with Crippen LogP contribution < -0.4 is 9.47 Å². The van der Waals surface area contributed by atoms with Gasteiger partial charge < -0.3 is 19.7 Å². The molecule has 0 saturated carbocycles. The Hall–Kier alpha value is -3.44. The van der Waals surface area contributed by atoms with Gasteiger partial charge in [0.15, 0.2) is 0 Å². The van der Waals surface area contributed by atoms with Gasteiger partial charge in [0.1, 0.15) is 35.8 Å². The molecule has 5 nitrogen and oxygen atoms in total. The lowest BCUT2D eigenvalue weighted by Crippen LogP contribution is -2.33. The molecule has 1 atom stereocenters. The van der Waals surface area contributed by atoms with E-state index in [4.69, 9.17) is 9.47 Å². The fraction of sp³-hybridized carbons (Fsp3) is 0.286. The maximum absolute atomic E-state index is 10.0. The summed E-state index contributed by atoms with van der Waals surface area (Å²) in [5.41, 5.74) is 5.05. The maximum atomic E-state index is 10.0. The molecule has 0 amide bonds. The van der Waals surface area contributed by atoms with Crippen LogP contribution in [0.5, 0.6) is 23.0 Å². The fourth-order valence-electron chi connectivity index (χ4n) is 4.68. The van der Waals surface area contributed by atoms with Crippen molar-refractivity contribution in [1.82, 2.24) is 4.90 Å². The van der Waals surface area contributed by atoms with Crippen LogP contribution in [0.2, 0.25) is 0 Å². The SMILES string of the molecule is CC1=C(c2ccc(O)cc2)[C@H](c2ccc(OCN3CCCCC3)cc2)Oc2cc(O)ccc21. The standard InChI is InChI=1S/C28H29NO4/c1-19-25-14-11-23(31)17-26(25)33-28(27(19)20-5-9-22(30)10-6-20)21-7-12-24(13-8-21)32-18-29-15-3-2-4-16-29/h5-14,17,28,30-31H,2-4,15-16,18H2,1H3/t28-/m0/s1. The van der Waals surface area contributed by atoms with Crippen molar-refractivity contribution in [2.75, 3.05) is 19.8 Å². The Bertz CT molecular complexity index is 1150. The van der Waals surface area contributed by atoms with E-state index >= 15 is 0 Å². The number of allylic oxidation sites excluding steroid dienone is 1. The first-order chi connectivity index (χ1) is 16.1. The number of fused-ring (bicyclic) bond motifs is 1. The molecule has 0 aliphatic carbocycles. The molecule has 0 bridgehead atoms. The van der Waals surface area contributed by atoms with Crippen LogP contribution in [-0.4, -0.2) is 34.9 Å². The summed E-state index contributed by atoms with van der Waals surface area (Å²) in [4.78, 5) is 2.35. The van der Waals surface area contributed by atoms with Crippen molar-refractivity contribution < 1.29 is 19.7 Å². The van der Waals surface area contributed by atoms with E-state index in [0.717, 1.165) is 46.7 Å². The van der Waals surface area contributed by atoms with Crippen LogP contribution in [0.1, 0.15) is 49.0 Å². The van der Waals surface area contributed by atoms with E-state index in [-0.39, 0.29) is 17.6 Å². The second-order valence-corrected chi connectivity index (χ2v) is 8.79. The summed E-state index contributed by atoms with van der Waals surface area (Å²) in [6.07, 6.45) is 3.44. The molecule has 2 aliphatic heterocycles. The Morgan fingerprint density at radius 1 is 0.879 bits per heavy atom. The van der Waals surface area contributed by atoms with Crippen molar-refractivity contribution in [3.63, 3.8) is 0 Å². The highest BCUT2D eigenvalue weighted by atomic mass is 16.5. The molecule has 2 N–H and O–H groups in total. The molecule has 0 unspecified atom stereocenters. The third kappa shape index (κ3) is 4.55. The highest BCUT2D eigenvalue weighted by Gasteiger charge is 2.29. The largest absolute Gasteiger partial charge is 0.508 e. The molecule has 2 heterocycles. The average molecular weight is 444 g/mol. The maximum Gasteiger partial charge on any atom is 0.150 e. The molecule has 170 valence electrons. The monoisotopic (exact) mass is 443 g/mol. The van der Waals surface area contributed by atoms with Crippen molar-refractivity contribution in [2.24, 2.45) is 0 Å². The van der Waals surface area contributed by atoms with Gasteiger partial charge in [-0.25, -0.2) is 0 Å². The number of likely N-dealkylation sites (tertiary alicyclic amines) is 1. The molecular weight excluding hydrogens is 414 g/mol. The first-order valence-electron chi connectivity index (χ1n) is 11.5. The van der Waals surface area contributed by atoms with Gasteiger partial charge in [-0.15, -0.1) is 0 Å². The molecule has 1 fully saturated rings.